The Morgan fingerprint density at radius 3 is 2.92 bits per heavy atom. The SMILES string of the molecule is COc1ccccc1C=CC(=O)OC[C@H]1CCCN2CCCC[C@H]12. The Hall–Kier alpha value is -1.81. The smallest absolute Gasteiger partial charge is 0.330 e. The molecule has 2 saturated heterocycles. The van der Waals surface area contributed by atoms with E-state index in [0.717, 1.165) is 11.3 Å². The fourth-order valence-corrected chi connectivity index (χ4v) is 3.97. The number of piperidine rings is 2. The summed E-state index contributed by atoms with van der Waals surface area (Å²) in [5, 5.41) is 0. The average Bonchev–Trinajstić information content (AvgIpc) is 2.64. The number of benzene rings is 1. The molecule has 3 rings (SSSR count). The molecule has 4 heteroatoms. The summed E-state index contributed by atoms with van der Waals surface area (Å²) in [7, 11) is 1.63. The Labute approximate surface area is 144 Å². The third-order valence-electron chi connectivity index (χ3n) is 5.21. The molecule has 0 amide bonds. The van der Waals surface area contributed by atoms with E-state index in [-0.39, 0.29) is 5.97 Å². The summed E-state index contributed by atoms with van der Waals surface area (Å²) in [6.45, 7) is 2.96. The number of methoxy groups -OCH3 is 1. The van der Waals surface area contributed by atoms with Crippen LogP contribution in [0.25, 0.3) is 6.08 Å². The van der Waals surface area contributed by atoms with Gasteiger partial charge in [0.05, 0.1) is 13.7 Å². The van der Waals surface area contributed by atoms with Crippen LogP contribution in [0, 0.1) is 5.92 Å². The van der Waals surface area contributed by atoms with Gasteiger partial charge in [0.15, 0.2) is 0 Å². The summed E-state index contributed by atoms with van der Waals surface area (Å²) in [4.78, 5) is 14.6. The normalized spacial score (nSPS) is 24.5. The molecule has 2 fully saturated rings. The van der Waals surface area contributed by atoms with Crippen molar-refractivity contribution in [2.45, 2.75) is 38.1 Å². The maximum atomic E-state index is 12.1. The second kappa shape index (κ2) is 8.34. The van der Waals surface area contributed by atoms with Gasteiger partial charge in [-0.1, -0.05) is 24.6 Å². The van der Waals surface area contributed by atoms with Gasteiger partial charge in [0, 0.05) is 23.6 Å². The van der Waals surface area contributed by atoms with E-state index in [1.54, 1.807) is 13.2 Å². The maximum Gasteiger partial charge on any atom is 0.330 e. The number of carbonyl (C=O) groups excluding carboxylic acids is 1. The van der Waals surface area contributed by atoms with Crippen LogP contribution in [0.3, 0.4) is 0 Å². The summed E-state index contributed by atoms with van der Waals surface area (Å²) < 4.78 is 10.8. The molecule has 1 aromatic rings. The highest BCUT2D eigenvalue weighted by atomic mass is 16.5. The summed E-state index contributed by atoms with van der Waals surface area (Å²) in [6.07, 6.45) is 9.51. The molecule has 2 heterocycles. The van der Waals surface area contributed by atoms with E-state index in [9.17, 15) is 4.79 Å². The van der Waals surface area contributed by atoms with Crippen molar-refractivity contribution in [2.75, 3.05) is 26.8 Å². The molecule has 2 aliphatic rings. The Morgan fingerprint density at radius 2 is 2.04 bits per heavy atom. The lowest BCUT2D eigenvalue weighted by atomic mass is 9.84. The van der Waals surface area contributed by atoms with Crippen molar-refractivity contribution in [3.63, 3.8) is 0 Å². The number of para-hydroxylation sites is 1. The zero-order chi connectivity index (χ0) is 16.8. The van der Waals surface area contributed by atoms with Crippen molar-refractivity contribution >= 4 is 12.0 Å². The van der Waals surface area contributed by atoms with Crippen LogP contribution in [0.1, 0.15) is 37.7 Å². The van der Waals surface area contributed by atoms with Crippen molar-refractivity contribution in [1.82, 2.24) is 4.90 Å². The molecule has 2 atom stereocenters. The number of nitrogens with zero attached hydrogens (tertiary/aromatic N) is 1. The molecular formula is C20H27NO3. The van der Waals surface area contributed by atoms with Crippen molar-refractivity contribution < 1.29 is 14.3 Å². The fourth-order valence-electron chi connectivity index (χ4n) is 3.97. The van der Waals surface area contributed by atoms with E-state index in [1.165, 1.54) is 51.3 Å². The van der Waals surface area contributed by atoms with Crippen LogP contribution < -0.4 is 4.74 Å². The molecule has 24 heavy (non-hydrogen) atoms. The predicted molar refractivity (Wildman–Crippen MR) is 94.9 cm³/mol. The highest BCUT2D eigenvalue weighted by Crippen LogP contribution is 2.31. The number of hydrogen-bond acceptors (Lipinski definition) is 4. The van der Waals surface area contributed by atoms with Gasteiger partial charge >= 0.3 is 5.97 Å². The van der Waals surface area contributed by atoms with Gasteiger partial charge in [-0.2, -0.15) is 0 Å². The topological polar surface area (TPSA) is 38.8 Å². The molecule has 0 spiro atoms. The minimum absolute atomic E-state index is 0.270. The van der Waals surface area contributed by atoms with Crippen LogP contribution in [0.15, 0.2) is 30.3 Å². The lowest BCUT2D eigenvalue weighted by Gasteiger charge is -2.44. The van der Waals surface area contributed by atoms with E-state index in [4.69, 9.17) is 9.47 Å². The molecule has 0 aliphatic carbocycles. The van der Waals surface area contributed by atoms with Gasteiger partial charge in [-0.3, -0.25) is 4.90 Å². The summed E-state index contributed by atoms with van der Waals surface area (Å²) in [5.41, 5.74) is 0.882. The van der Waals surface area contributed by atoms with Crippen LogP contribution in [-0.2, 0) is 9.53 Å². The second-order valence-electron chi connectivity index (χ2n) is 6.71. The molecule has 0 unspecified atom stereocenters. The highest BCUT2D eigenvalue weighted by molar-refractivity contribution is 5.87. The first-order chi connectivity index (χ1) is 11.8. The third kappa shape index (κ3) is 4.18. The zero-order valence-corrected chi connectivity index (χ0v) is 14.4. The van der Waals surface area contributed by atoms with Crippen molar-refractivity contribution in [1.29, 1.82) is 0 Å². The van der Waals surface area contributed by atoms with E-state index in [0.29, 0.717) is 18.6 Å². The van der Waals surface area contributed by atoms with E-state index in [1.807, 2.05) is 24.3 Å². The minimum Gasteiger partial charge on any atom is -0.496 e. The van der Waals surface area contributed by atoms with E-state index in [2.05, 4.69) is 4.90 Å². The number of ether oxygens (including phenoxy) is 2. The molecule has 4 nitrogen and oxygen atoms in total. The van der Waals surface area contributed by atoms with Crippen LogP contribution in [0.2, 0.25) is 0 Å². The van der Waals surface area contributed by atoms with Gasteiger partial charge in [-0.15, -0.1) is 0 Å². The van der Waals surface area contributed by atoms with E-state index >= 15 is 0 Å². The van der Waals surface area contributed by atoms with Gasteiger partial charge in [0.1, 0.15) is 5.75 Å². The standard InChI is InChI=1S/C20H27NO3/c1-23-19-10-3-2-7-16(19)11-12-20(22)24-15-17-8-6-14-21-13-5-4-9-18(17)21/h2-3,7,10-12,17-18H,4-6,8-9,13-15H2,1H3/t17-,18-/m1/s1. The molecular weight excluding hydrogens is 302 g/mol. The first kappa shape index (κ1) is 17.0. The molecule has 130 valence electrons. The third-order valence-corrected chi connectivity index (χ3v) is 5.21. The van der Waals surface area contributed by atoms with Gasteiger partial charge < -0.3 is 9.47 Å². The number of esters is 1. The first-order valence-electron chi connectivity index (χ1n) is 9.00. The van der Waals surface area contributed by atoms with Crippen LogP contribution in [0.5, 0.6) is 5.75 Å². The lowest BCUT2D eigenvalue weighted by molar-refractivity contribution is -0.140. The largest absolute Gasteiger partial charge is 0.496 e. The number of rotatable bonds is 5. The molecule has 0 bridgehead atoms. The summed E-state index contributed by atoms with van der Waals surface area (Å²) >= 11 is 0. The molecule has 0 radical (unpaired) electrons. The highest BCUT2D eigenvalue weighted by Gasteiger charge is 2.33. The molecule has 1 aromatic carbocycles. The Kier molecular flexibility index (Phi) is 5.91. The Morgan fingerprint density at radius 1 is 1.21 bits per heavy atom. The van der Waals surface area contributed by atoms with E-state index < -0.39 is 0 Å². The van der Waals surface area contributed by atoms with Crippen molar-refractivity contribution in [3.8, 4) is 5.75 Å². The average molecular weight is 329 g/mol. The van der Waals surface area contributed by atoms with Gasteiger partial charge in [0.2, 0.25) is 0 Å². The molecule has 2 aliphatic heterocycles. The van der Waals surface area contributed by atoms with Crippen molar-refractivity contribution in [3.05, 3.63) is 35.9 Å². The number of hydrogen-bond donors (Lipinski definition) is 0. The van der Waals surface area contributed by atoms with Gasteiger partial charge in [-0.05, 0) is 50.9 Å². The lowest BCUT2D eigenvalue weighted by Crippen LogP contribution is -2.49. The number of fused-ring (bicyclic) bond motifs is 1. The minimum atomic E-state index is -0.270. The zero-order valence-electron chi connectivity index (χ0n) is 14.4. The molecule has 0 saturated carbocycles. The number of carbonyl (C=O) groups is 1. The van der Waals surface area contributed by atoms with Crippen molar-refractivity contribution in [2.24, 2.45) is 5.92 Å². The quantitative estimate of drug-likeness (QED) is 0.612. The first-order valence-corrected chi connectivity index (χ1v) is 9.00. The summed E-state index contributed by atoms with van der Waals surface area (Å²) in [5.74, 6) is 0.975. The maximum absolute atomic E-state index is 12.1. The van der Waals surface area contributed by atoms with Crippen LogP contribution in [-0.4, -0.2) is 43.7 Å². The second-order valence-corrected chi connectivity index (χ2v) is 6.71. The van der Waals surface area contributed by atoms with Crippen LogP contribution in [0.4, 0.5) is 0 Å². The molecule has 0 aromatic heterocycles. The van der Waals surface area contributed by atoms with Gasteiger partial charge in [0.25, 0.3) is 0 Å². The summed E-state index contributed by atoms with van der Waals surface area (Å²) in [6, 6.07) is 8.24. The van der Waals surface area contributed by atoms with Crippen LogP contribution >= 0.6 is 0 Å². The fraction of sp³-hybridized carbons (Fsp3) is 0.550. The monoisotopic (exact) mass is 329 g/mol. The van der Waals surface area contributed by atoms with Gasteiger partial charge in [-0.25, -0.2) is 4.79 Å². The Balaban J connectivity index is 1.52. The predicted octanol–water partition coefficient (Wildman–Crippen LogP) is 3.52. The Bertz CT molecular complexity index is 582. The molecule has 0 N–H and O–H groups in total.